The predicted octanol–water partition coefficient (Wildman–Crippen LogP) is 3.88. The molecule has 3 aromatic rings. The van der Waals surface area contributed by atoms with Crippen molar-refractivity contribution in [3.8, 4) is 0 Å². The molecule has 1 N–H and O–H groups in total. The molecule has 0 saturated carbocycles. The Kier molecular flexibility index (Phi) is 5.76. The third kappa shape index (κ3) is 4.20. The number of amides is 1. The Morgan fingerprint density at radius 3 is 2.82 bits per heavy atom. The van der Waals surface area contributed by atoms with Crippen LogP contribution in [0.15, 0.2) is 22.6 Å². The normalized spacial score (nSPS) is 11.9. The molecule has 2 heterocycles. The SMILES string of the molecule is CCOCn1nc(C)c(CC(=O)NC(C)(C)c2nc3cc(Cl)ccc3o2)c1C. The van der Waals surface area contributed by atoms with E-state index in [0.29, 0.717) is 35.4 Å². The number of carbonyl (C=O) groups is 1. The summed E-state index contributed by atoms with van der Waals surface area (Å²) in [5.41, 5.74) is 3.17. The molecule has 0 unspecified atom stereocenters. The Morgan fingerprint density at radius 1 is 1.36 bits per heavy atom. The quantitative estimate of drug-likeness (QED) is 0.646. The van der Waals surface area contributed by atoms with Gasteiger partial charge in [-0.1, -0.05) is 11.6 Å². The monoisotopic (exact) mass is 404 g/mol. The van der Waals surface area contributed by atoms with Crippen LogP contribution in [0.4, 0.5) is 0 Å². The molecule has 0 bridgehead atoms. The van der Waals surface area contributed by atoms with E-state index in [4.69, 9.17) is 20.8 Å². The highest BCUT2D eigenvalue weighted by Crippen LogP contribution is 2.26. The minimum atomic E-state index is -0.772. The van der Waals surface area contributed by atoms with Gasteiger partial charge in [0.25, 0.3) is 0 Å². The summed E-state index contributed by atoms with van der Waals surface area (Å²) in [6.07, 6.45) is 0.222. The second-order valence-corrected chi connectivity index (χ2v) is 7.69. The molecule has 1 amide bonds. The van der Waals surface area contributed by atoms with Gasteiger partial charge in [-0.05, 0) is 52.8 Å². The van der Waals surface area contributed by atoms with Crippen molar-refractivity contribution in [1.82, 2.24) is 20.1 Å². The summed E-state index contributed by atoms with van der Waals surface area (Å²) < 4.78 is 13.0. The molecule has 0 aliphatic rings. The van der Waals surface area contributed by atoms with Crippen LogP contribution in [-0.2, 0) is 28.2 Å². The van der Waals surface area contributed by atoms with Gasteiger partial charge in [0, 0.05) is 22.9 Å². The molecule has 0 aliphatic carbocycles. The van der Waals surface area contributed by atoms with Gasteiger partial charge in [-0.15, -0.1) is 0 Å². The summed E-state index contributed by atoms with van der Waals surface area (Å²) in [6, 6.07) is 5.25. The van der Waals surface area contributed by atoms with Gasteiger partial charge in [-0.3, -0.25) is 4.79 Å². The van der Waals surface area contributed by atoms with Crippen LogP contribution in [-0.4, -0.2) is 27.3 Å². The lowest BCUT2D eigenvalue weighted by Gasteiger charge is -2.22. The molecule has 8 heteroatoms. The van der Waals surface area contributed by atoms with Crippen molar-refractivity contribution in [3.63, 3.8) is 0 Å². The van der Waals surface area contributed by atoms with Gasteiger partial charge < -0.3 is 14.5 Å². The molecule has 0 fully saturated rings. The summed E-state index contributed by atoms with van der Waals surface area (Å²) in [7, 11) is 0. The van der Waals surface area contributed by atoms with Crippen molar-refractivity contribution in [2.75, 3.05) is 6.61 Å². The van der Waals surface area contributed by atoms with Crippen molar-refractivity contribution in [3.05, 3.63) is 46.1 Å². The van der Waals surface area contributed by atoms with Crippen LogP contribution < -0.4 is 5.32 Å². The fourth-order valence-electron chi connectivity index (χ4n) is 3.07. The maximum absolute atomic E-state index is 12.7. The Labute approximate surface area is 169 Å². The molecular weight excluding hydrogens is 380 g/mol. The van der Waals surface area contributed by atoms with Crippen molar-refractivity contribution >= 4 is 28.6 Å². The first-order valence-electron chi connectivity index (χ1n) is 9.19. The van der Waals surface area contributed by atoms with Crippen molar-refractivity contribution < 1.29 is 13.9 Å². The smallest absolute Gasteiger partial charge is 0.225 e. The van der Waals surface area contributed by atoms with Crippen LogP contribution in [0, 0.1) is 13.8 Å². The maximum Gasteiger partial charge on any atom is 0.225 e. The predicted molar refractivity (Wildman–Crippen MR) is 107 cm³/mol. The third-order valence-electron chi connectivity index (χ3n) is 4.62. The number of benzene rings is 1. The summed E-state index contributed by atoms with van der Waals surface area (Å²) in [5, 5.41) is 8.06. The number of hydrogen-bond donors (Lipinski definition) is 1. The number of aromatic nitrogens is 3. The lowest BCUT2D eigenvalue weighted by atomic mass is 10.0. The van der Waals surface area contributed by atoms with E-state index in [1.807, 2.05) is 34.6 Å². The topological polar surface area (TPSA) is 82.2 Å². The first-order valence-corrected chi connectivity index (χ1v) is 9.57. The van der Waals surface area contributed by atoms with Gasteiger partial charge in [0.1, 0.15) is 17.8 Å². The van der Waals surface area contributed by atoms with Crippen LogP contribution in [0.25, 0.3) is 11.1 Å². The van der Waals surface area contributed by atoms with Crippen LogP contribution in [0.1, 0.15) is 43.6 Å². The molecule has 2 aromatic heterocycles. The van der Waals surface area contributed by atoms with E-state index >= 15 is 0 Å². The first kappa shape index (κ1) is 20.4. The molecule has 0 spiro atoms. The van der Waals surface area contributed by atoms with Crippen molar-refractivity contribution in [2.24, 2.45) is 0 Å². The van der Waals surface area contributed by atoms with Gasteiger partial charge in [0.15, 0.2) is 5.58 Å². The lowest BCUT2D eigenvalue weighted by molar-refractivity contribution is -0.122. The molecule has 3 rings (SSSR count). The Balaban J connectivity index is 1.75. The number of carbonyl (C=O) groups excluding carboxylic acids is 1. The minimum Gasteiger partial charge on any atom is -0.438 e. The molecule has 0 atom stereocenters. The van der Waals surface area contributed by atoms with Gasteiger partial charge >= 0.3 is 0 Å². The van der Waals surface area contributed by atoms with E-state index in [-0.39, 0.29) is 12.3 Å². The molecular formula is C20H25ClN4O3. The standard InChI is InChI=1S/C20H25ClN4O3/c1-6-27-11-25-13(3)15(12(2)24-25)10-18(26)23-20(4,5)19-22-16-9-14(21)7-8-17(16)28-19/h7-9H,6,10-11H2,1-5H3,(H,23,26). The van der Waals surface area contributed by atoms with Crippen LogP contribution >= 0.6 is 11.6 Å². The molecule has 28 heavy (non-hydrogen) atoms. The number of rotatable bonds is 7. The zero-order chi connectivity index (χ0) is 20.5. The number of halogens is 1. The van der Waals surface area contributed by atoms with Gasteiger partial charge in [0.2, 0.25) is 11.8 Å². The van der Waals surface area contributed by atoms with Crippen molar-refractivity contribution in [2.45, 2.75) is 53.3 Å². The maximum atomic E-state index is 12.7. The number of nitrogens with one attached hydrogen (secondary N) is 1. The summed E-state index contributed by atoms with van der Waals surface area (Å²) >= 11 is 6.01. The zero-order valence-corrected chi connectivity index (χ0v) is 17.6. The van der Waals surface area contributed by atoms with Gasteiger partial charge in [-0.25, -0.2) is 9.67 Å². The number of hydrogen-bond acceptors (Lipinski definition) is 5. The Hall–Kier alpha value is -2.38. The Morgan fingerprint density at radius 2 is 2.11 bits per heavy atom. The number of nitrogens with zero attached hydrogens (tertiary/aromatic N) is 3. The Bertz CT molecular complexity index is 1010. The lowest BCUT2D eigenvalue weighted by Crippen LogP contribution is -2.42. The second-order valence-electron chi connectivity index (χ2n) is 7.25. The fraction of sp³-hybridized carbons (Fsp3) is 0.450. The number of oxazole rings is 1. The number of fused-ring (bicyclic) bond motifs is 1. The summed E-state index contributed by atoms with van der Waals surface area (Å²) in [6.45, 7) is 10.5. The van der Waals surface area contributed by atoms with E-state index in [2.05, 4.69) is 15.4 Å². The fourth-order valence-corrected chi connectivity index (χ4v) is 3.23. The highest BCUT2D eigenvalue weighted by atomic mass is 35.5. The molecule has 0 radical (unpaired) electrons. The second kappa shape index (κ2) is 7.93. The number of aryl methyl sites for hydroxylation is 1. The largest absolute Gasteiger partial charge is 0.438 e. The van der Waals surface area contributed by atoms with E-state index in [9.17, 15) is 4.79 Å². The summed E-state index contributed by atoms with van der Waals surface area (Å²) in [4.78, 5) is 17.2. The van der Waals surface area contributed by atoms with Crippen LogP contribution in [0.2, 0.25) is 5.02 Å². The molecule has 0 aliphatic heterocycles. The third-order valence-corrected chi connectivity index (χ3v) is 4.86. The molecule has 150 valence electrons. The zero-order valence-electron chi connectivity index (χ0n) is 16.8. The van der Waals surface area contributed by atoms with Crippen LogP contribution in [0.3, 0.4) is 0 Å². The highest BCUT2D eigenvalue weighted by Gasteiger charge is 2.29. The minimum absolute atomic E-state index is 0.132. The average molecular weight is 405 g/mol. The summed E-state index contributed by atoms with van der Waals surface area (Å²) in [5.74, 6) is 0.297. The van der Waals surface area contributed by atoms with Crippen molar-refractivity contribution in [1.29, 1.82) is 0 Å². The molecule has 0 saturated heterocycles. The van der Waals surface area contributed by atoms with Gasteiger partial charge in [-0.2, -0.15) is 5.10 Å². The first-order chi connectivity index (χ1) is 13.2. The molecule has 1 aromatic carbocycles. The van der Waals surface area contributed by atoms with E-state index in [1.165, 1.54) is 0 Å². The average Bonchev–Trinajstić information content (AvgIpc) is 3.16. The highest BCUT2D eigenvalue weighted by molar-refractivity contribution is 6.31. The van der Waals surface area contributed by atoms with Gasteiger partial charge in [0.05, 0.1) is 12.1 Å². The molecule has 7 nitrogen and oxygen atoms in total. The van der Waals surface area contributed by atoms with E-state index in [1.54, 1.807) is 22.9 Å². The van der Waals surface area contributed by atoms with E-state index < -0.39 is 5.54 Å². The van der Waals surface area contributed by atoms with Crippen LogP contribution in [0.5, 0.6) is 0 Å². The number of ether oxygens (including phenoxy) is 1. The van der Waals surface area contributed by atoms with E-state index in [0.717, 1.165) is 17.0 Å².